The fraction of sp³-hybridized carbons (Fsp3) is 0.538. The van der Waals surface area contributed by atoms with Crippen molar-refractivity contribution in [2.75, 3.05) is 6.54 Å². The summed E-state index contributed by atoms with van der Waals surface area (Å²) in [6.07, 6.45) is 1.07. The summed E-state index contributed by atoms with van der Waals surface area (Å²) in [6.45, 7) is 5.94. The zero-order chi connectivity index (χ0) is 14.5. The van der Waals surface area contributed by atoms with E-state index < -0.39 is 17.7 Å². The lowest BCUT2D eigenvalue weighted by Gasteiger charge is -2.19. The number of nitrogens with one attached hydrogen (secondary N) is 1. The molecule has 5 nitrogen and oxygen atoms in total. The maximum atomic E-state index is 11.4. The Kier molecular flexibility index (Phi) is 5.35. The lowest BCUT2D eigenvalue weighted by atomic mass is 10.2. The van der Waals surface area contributed by atoms with E-state index in [1.807, 2.05) is 26.8 Å². The number of aryl methyl sites for hydroxylation is 1. The third-order valence-corrected chi connectivity index (χ3v) is 3.27. The standard InChI is InChI=1S/C13H19NO4S/c1-13(2,3)18-12(17)14-8-4-5-9-6-7-10(19-9)11(15)16/h6-7H,4-5,8H2,1-3H3,(H,14,17)(H,15,16). The Labute approximate surface area is 116 Å². The predicted octanol–water partition coefficient (Wildman–Crippen LogP) is 2.90. The van der Waals surface area contributed by atoms with Crippen LogP contribution in [0.4, 0.5) is 4.79 Å². The van der Waals surface area contributed by atoms with Crippen LogP contribution in [0.5, 0.6) is 0 Å². The van der Waals surface area contributed by atoms with E-state index in [-0.39, 0.29) is 0 Å². The maximum absolute atomic E-state index is 11.4. The van der Waals surface area contributed by atoms with E-state index in [1.165, 1.54) is 11.3 Å². The number of alkyl carbamates (subject to hydrolysis) is 1. The zero-order valence-corrected chi connectivity index (χ0v) is 12.2. The zero-order valence-electron chi connectivity index (χ0n) is 11.4. The van der Waals surface area contributed by atoms with Crippen LogP contribution in [0.3, 0.4) is 0 Å². The van der Waals surface area contributed by atoms with Crippen molar-refractivity contribution in [2.45, 2.75) is 39.2 Å². The summed E-state index contributed by atoms with van der Waals surface area (Å²) in [6, 6.07) is 3.41. The summed E-state index contributed by atoms with van der Waals surface area (Å²) in [7, 11) is 0. The molecule has 0 aliphatic carbocycles. The molecule has 0 aromatic carbocycles. The molecule has 1 aromatic rings. The minimum Gasteiger partial charge on any atom is -0.477 e. The fourth-order valence-electron chi connectivity index (χ4n) is 1.39. The molecule has 0 saturated carbocycles. The number of aromatic carboxylic acids is 1. The minimum absolute atomic E-state index is 0.343. The molecule has 1 rings (SSSR count). The molecule has 1 heterocycles. The Bertz CT molecular complexity index is 448. The number of hydrogen-bond donors (Lipinski definition) is 2. The number of hydrogen-bond acceptors (Lipinski definition) is 4. The molecule has 6 heteroatoms. The summed E-state index contributed by atoms with van der Waals surface area (Å²) in [5, 5.41) is 11.5. The third kappa shape index (κ3) is 6.24. The van der Waals surface area contributed by atoms with E-state index >= 15 is 0 Å². The monoisotopic (exact) mass is 285 g/mol. The second-order valence-corrected chi connectivity index (χ2v) is 6.27. The van der Waals surface area contributed by atoms with Gasteiger partial charge in [-0.3, -0.25) is 0 Å². The van der Waals surface area contributed by atoms with E-state index in [4.69, 9.17) is 9.84 Å². The van der Waals surface area contributed by atoms with Gasteiger partial charge < -0.3 is 15.2 Å². The molecular weight excluding hydrogens is 266 g/mol. The number of carboxylic acids is 1. The molecule has 0 unspecified atom stereocenters. The molecule has 2 N–H and O–H groups in total. The van der Waals surface area contributed by atoms with Crippen LogP contribution in [-0.4, -0.2) is 29.3 Å². The van der Waals surface area contributed by atoms with E-state index in [9.17, 15) is 9.59 Å². The minimum atomic E-state index is -0.900. The highest BCUT2D eigenvalue weighted by molar-refractivity contribution is 7.13. The van der Waals surface area contributed by atoms with Crippen molar-refractivity contribution in [2.24, 2.45) is 0 Å². The molecule has 0 radical (unpaired) electrons. The first kappa shape index (κ1) is 15.5. The van der Waals surface area contributed by atoms with Crippen molar-refractivity contribution in [1.82, 2.24) is 5.32 Å². The summed E-state index contributed by atoms with van der Waals surface area (Å²) < 4.78 is 5.10. The van der Waals surface area contributed by atoms with Gasteiger partial charge in [0.05, 0.1) is 0 Å². The molecule has 106 valence electrons. The number of carbonyl (C=O) groups excluding carboxylic acids is 1. The summed E-state index contributed by atoms with van der Waals surface area (Å²) in [4.78, 5) is 23.4. The molecule has 0 fully saturated rings. The van der Waals surface area contributed by atoms with Crippen molar-refractivity contribution < 1.29 is 19.4 Å². The highest BCUT2D eigenvalue weighted by atomic mass is 32.1. The van der Waals surface area contributed by atoms with Crippen molar-refractivity contribution in [3.63, 3.8) is 0 Å². The van der Waals surface area contributed by atoms with Crippen LogP contribution >= 0.6 is 11.3 Å². The topological polar surface area (TPSA) is 75.6 Å². The van der Waals surface area contributed by atoms with E-state index in [0.717, 1.165) is 17.7 Å². The molecule has 0 atom stereocenters. The number of ether oxygens (including phenoxy) is 1. The van der Waals surface area contributed by atoms with Crippen molar-refractivity contribution in [3.8, 4) is 0 Å². The lowest BCUT2D eigenvalue weighted by Crippen LogP contribution is -2.33. The van der Waals surface area contributed by atoms with Gasteiger partial charge in [-0.05, 0) is 45.7 Å². The molecular formula is C13H19NO4S. The first-order chi connectivity index (χ1) is 8.78. The largest absolute Gasteiger partial charge is 0.477 e. The molecule has 0 spiro atoms. The van der Waals surface area contributed by atoms with Crippen LogP contribution in [0.2, 0.25) is 0 Å². The summed E-state index contributed by atoms with van der Waals surface area (Å²) >= 11 is 1.27. The van der Waals surface area contributed by atoms with Crippen LogP contribution in [0, 0.1) is 0 Å². The van der Waals surface area contributed by atoms with Gasteiger partial charge >= 0.3 is 12.1 Å². The normalized spacial score (nSPS) is 11.1. The SMILES string of the molecule is CC(C)(C)OC(=O)NCCCc1ccc(C(=O)O)s1. The lowest BCUT2D eigenvalue weighted by molar-refractivity contribution is 0.0526. The highest BCUT2D eigenvalue weighted by Crippen LogP contribution is 2.17. The quantitative estimate of drug-likeness (QED) is 0.816. The molecule has 19 heavy (non-hydrogen) atoms. The smallest absolute Gasteiger partial charge is 0.407 e. The van der Waals surface area contributed by atoms with Gasteiger partial charge in [0.15, 0.2) is 0 Å². The number of carboxylic acid groups (broad SMARTS) is 1. The molecule has 0 bridgehead atoms. The second kappa shape index (κ2) is 6.56. The van der Waals surface area contributed by atoms with E-state index in [0.29, 0.717) is 11.4 Å². The van der Waals surface area contributed by atoms with Crippen molar-refractivity contribution >= 4 is 23.4 Å². The Morgan fingerprint density at radius 1 is 1.37 bits per heavy atom. The van der Waals surface area contributed by atoms with Gasteiger partial charge in [-0.15, -0.1) is 11.3 Å². The average molecular weight is 285 g/mol. The second-order valence-electron chi connectivity index (χ2n) is 5.10. The molecule has 1 amide bonds. The van der Waals surface area contributed by atoms with Gasteiger partial charge in [0.1, 0.15) is 10.5 Å². The van der Waals surface area contributed by atoms with Crippen molar-refractivity contribution in [3.05, 3.63) is 21.9 Å². The van der Waals surface area contributed by atoms with Crippen LogP contribution in [-0.2, 0) is 11.2 Å². The van der Waals surface area contributed by atoms with Gasteiger partial charge in [-0.2, -0.15) is 0 Å². The van der Waals surface area contributed by atoms with E-state index in [2.05, 4.69) is 5.32 Å². The molecule has 0 saturated heterocycles. The Morgan fingerprint density at radius 2 is 2.05 bits per heavy atom. The fourth-order valence-corrected chi connectivity index (χ4v) is 2.28. The molecule has 1 aromatic heterocycles. The van der Waals surface area contributed by atoms with Crippen LogP contribution in [0.25, 0.3) is 0 Å². The molecule has 0 aliphatic rings. The Balaban J connectivity index is 2.23. The number of amides is 1. The highest BCUT2D eigenvalue weighted by Gasteiger charge is 2.15. The van der Waals surface area contributed by atoms with Gasteiger partial charge in [-0.1, -0.05) is 0 Å². The average Bonchev–Trinajstić information content (AvgIpc) is 2.70. The number of carbonyl (C=O) groups is 2. The number of thiophene rings is 1. The van der Waals surface area contributed by atoms with Crippen molar-refractivity contribution in [1.29, 1.82) is 0 Å². The van der Waals surface area contributed by atoms with Gasteiger partial charge in [0.2, 0.25) is 0 Å². The number of rotatable bonds is 5. The Hall–Kier alpha value is -1.56. The van der Waals surface area contributed by atoms with Crippen LogP contribution in [0.15, 0.2) is 12.1 Å². The van der Waals surface area contributed by atoms with E-state index in [1.54, 1.807) is 6.07 Å². The Morgan fingerprint density at radius 3 is 2.58 bits per heavy atom. The van der Waals surface area contributed by atoms with Gasteiger partial charge in [0.25, 0.3) is 0 Å². The van der Waals surface area contributed by atoms with Gasteiger partial charge in [0, 0.05) is 11.4 Å². The van der Waals surface area contributed by atoms with Crippen LogP contribution in [0.1, 0.15) is 41.7 Å². The summed E-state index contributed by atoms with van der Waals surface area (Å²) in [5.74, 6) is -0.900. The maximum Gasteiger partial charge on any atom is 0.407 e. The van der Waals surface area contributed by atoms with Crippen LogP contribution < -0.4 is 5.32 Å². The third-order valence-electron chi connectivity index (χ3n) is 2.14. The predicted molar refractivity (Wildman–Crippen MR) is 73.8 cm³/mol. The first-order valence-electron chi connectivity index (χ1n) is 6.07. The summed E-state index contributed by atoms with van der Waals surface area (Å²) in [5.41, 5.74) is -0.492. The molecule has 0 aliphatic heterocycles. The first-order valence-corrected chi connectivity index (χ1v) is 6.88. The van der Waals surface area contributed by atoms with Gasteiger partial charge in [-0.25, -0.2) is 9.59 Å².